The Bertz CT molecular complexity index is 953. The van der Waals surface area contributed by atoms with Crippen LogP contribution >= 0.6 is 0 Å². The molecule has 1 unspecified atom stereocenters. The van der Waals surface area contributed by atoms with Crippen molar-refractivity contribution in [3.8, 4) is 0 Å². The number of nitrogens with one attached hydrogen (secondary N) is 1. The monoisotopic (exact) mass is 356 g/mol. The molecule has 0 saturated carbocycles. The van der Waals surface area contributed by atoms with E-state index in [4.69, 9.17) is 0 Å². The van der Waals surface area contributed by atoms with Crippen LogP contribution in [0.4, 0.5) is 11.4 Å². The van der Waals surface area contributed by atoms with Crippen LogP contribution in [-0.2, 0) is 27.7 Å². The first-order valence-electron chi connectivity index (χ1n) is 8.52. The maximum atomic E-state index is 13.4. The number of benzene rings is 2. The highest BCUT2D eigenvalue weighted by atomic mass is 32.2. The van der Waals surface area contributed by atoms with Crippen molar-refractivity contribution >= 4 is 27.3 Å². The highest BCUT2D eigenvalue weighted by Crippen LogP contribution is 2.36. The zero-order chi connectivity index (χ0) is 17.6. The molecule has 1 aliphatic carbocycles. The number of sulfonamides is 1. The molecule has 0 saturated heterocycles. The van der Waals surface area contributed by atoms with Gasteiger partial charge in [-0.2, -0.15) is 0 Å². The van der Waals surface area contributed by atoms with Crippen LogP contribution < -0.4 is 9.62 Å². The molecule has 1 amide bonds. The SMILES string of the molecule is CC1CC(=O)Nc2ccccc2N1S(=O)(=O)c1ccc2c(c1)CCC2. The first kappa shape index (κ1) is 16.1. The van der Waals surface area contributed by atoms with Gasteiger partial charge in [-0.05, 0) is 61.6 Å². The molecule has 25 heavy (non-hydrogen) atoms. The fourth-order valence-corrected chi connectivity index (χ4v) is 5.47. The van der Waals surface area contributed by atoms with Crippen molar-refractivity contribution in [2.75, 3.05) is 9.62 Å². The van der Waals surface area contributed by atoms with Crippen LogP contribution in [0.1, 0.15) is 30.9 Å². The molecular weight excluding hydrogens is 336 g/mol. The summed E-state index contributed by atoms with van der Waals surface area (Å²) in [5.41, 5.74) is 3.40. The molecule has 0 bridgehead atoms. The second kappa shape index (κ2) is 5.88. The van der Waals surface area contributed by atoms with Crippen LogP contribution in [-0.4, -0.2) is 20.4 Å². The van der Waals surface area contributed by atoms with Gasteiger partial charge in [0.15, 0.2) is 0 Å². The minimum absolute atomic E-state index is 0.124. The summed E-state index contributed by atoms with van der Waals surface area (Å²) in [6, 6.07) is 12.0. The first-order chi connectivity index (χ1) is 12.0. The average molecular weight is 356 g/mol. The molecule has 0 radical (unpaired) electrons. The fraction of sp³-hybridized carbons (Fsp3) is 0.316. The summed E-state index contributed by atoms with van der Waals surface area (Å²) in [6.07, 6.45) is 3.13. The lowest BCUT2D eigenvalue weighted by atomic mass is 10.1. The van der Waals surface area contributed by atoms with Crippen LogP contribution in [0.2, 0.25) is 0 Å². The van der Waals surface area contributed by atoms with E-state index in [1.165, 1.54) is 9.87 Å². The molecule has 1 atom stereocenters. The molecule has 0 spiro atoms. The van der Waals surface area contributed by atoms with E-state index >= 15 is 0 Å². The number of carbonyl (C=O) groups is 1. The van der Waals surface area contributed by atoms with E-state index in [0.29, 0.717) is 16.3 Å². The van der Waals surface area contributed by atoms with Gasteiger partial charge < -0.3 is 5.32 Å². The van der Waals surface area contributed by atoms with Crippen molar-refractivity contribution in [3.63, 3.8) is 0 Å². The van der Waals surface area contributed by atoms with Crippen LogP contribution in [0.25, 0.3) is 0 Å². The van der Waals surface area contributed by atoms with Crippen LogP contribution in [0.15, 0.2) is 47.4 Å². The predicted octanol–water partition coefficient (Wildman–Crippen LogP) is 3.10. The van der Waals surface area contributed by atoms with E-state index in [0.717, 1.165) is 24.8 Å². The number of hydrogen-bond acceptors (Lipinski definition) is 3. The van der Waals surface area contributed by atoms with Gasteiger partial charge in [0.05, 0.1) is 22.3 Å². The van der Waals surface area contributed by atoms with E-state index in [1.54, 1.807) is 43.3 Å². The number of fused-ring (bicyclic) bond motifs is 2. The summed E-state index contributed by atoms with van der Waals surface area (Å²) < 4.78 is 28.2. The van der Waals surface area contributed by atoms with Gasteiger partial charge in [-0.1, -0.05) is 18.2 Å². The minimum atomic E-state index is -3.75. The average Bonchev–Trinajstić information content (AvgIpc) is 2.98. The normalized spacial score (nSPS) is 19.8. The Kier molecular flexibility index (Phi) is 3.80. The van der Waals surface area contributed by atoms with Gasteiger partial charge in [-0.15, -0.1) is 0 Å². The fourth-order valence-electron chi connectivity index (χ4n) is 3.75. The summed E-state index contributed by atoms with van der Waals surface area (Å²) in [5.74, 6) is -0.174. The van der Waals surface area contributed by atoms with E-state index in [1.807, 2.05) is 6.07 Å². The van der Waals surface area contributed by atoms with E-state index in [9.17, 15) is 13.2 Å². The summed E-state index contributed by atoms with van der Waals surface area (Å²) in [6.45, 7) is 1.77. The van der Waals surface area contributed by atoms with Crippen molar-refractivity contribution < 1.29 is 13.2 Å². The number of hydrogen-bond donors (Lipinski definition) is 1. The van der Waals surface area contributed by atoms with Gasteiger partial charge >= 0.3 is 0 Å². The molecule has 1 aliphatic heterocycles. The van der Waals surface area contributed by atoms with Crippen molar-refractivity contribution in [3.05, 3.63) is 53.6 Å². The minimum Gasteiger partial charge on any atom is -0.324 e. The van der Waals surface area contributed by atoms with Crippen LogP contribution in [0, 0.1) is 0 Å². The second-order valence-electron chi connectivity index (χ2n) is 6.70. The lowest BCUT2D eigenvalue weighted by Crippen LogP contribution is -2.39. The van der Waals surface area contributed by atoms with Crippen molar-refractivity contribution in [1.29, 1.82) is 0 Å². The third-order valence-corrected chi connectivity index (χ3v) is 6.85. The quantitative estimate of drug-likeness (QED) is 0.899. The third kappa shape index (κ3) is 2.70. The first-order valence-corrected chi connectivity index (χ1v) is 9.96. The van der Waals surface area contributed by atoms with Gasteiger partial charge in [0.1, 0.15) is 0 Å². The largest absolute Gasteiger partial charge is 0.324 e. The van der Waals surface area contributed by atoms with Gasteiger partial charge in [-0.3, -0.25) is 9.10 Å². The van der Waals surface area contributed by atoms with Gasteiger partial charge in [0, 0.05) is 6.42 Å². The number of amides is 1. The Morgan fingerprint density at radius 3 is 2.68 bits per heavy atom. The lowest BCUT2D eigenvalue weighted by Gasteiger charge is -2.29. The Hall–Kier alpha value is -2.34. The molecule has 0 fully saturated rings. The van der Waals surface area contributed by atoms with Crippen molar-refractivity contribution in [1.82, 2.24) is 0 Å². The predicted molar refractivity (Wildman–Crippen MR) is 97.3 cm³/mol. The summed E-state index contributed by atoms with van der Waals surface area (Å²) >= 11 is 0. The smallest absolute Gasteiger partial charge is 0.264 e. The number of aryl methyl sites for hydroxylation is 2. The molecule has 1 N–H and O–H groups in total. The molecule has 4 rings (SSSR count). The number of carbonyl (C=O) groups excluding carboxylic acids is 1. The number of anilines is 2. The Morgan fingerprint density at radius 1 is 1.08 bits per heavy atom. The zero-order valence-corrected chi connectivity index (χ0v) is 14.8. The maximum Gasteiger partial charge on any atom is 0.264 e. The third-order valence-electron chi connectivity index (χ3n) is 4.92. The highest BCUT2D eigenvalue weighted by molar-refractivity contribution is 7.92. The van der Waals surface area contributed by atoms with E-state index < -0.39 is 16.1 Å². The summed E-state index contributed by atoms with van der Waals surface area (Å²) in [4.78, 5) is 12.4. The standard InChI is InChI=1S/C19H20N2O3S/c1-13-11-19(22)20-17-7-2-3-8-18(17)21(13)25(23,24)16-10-9-14-5-4-6-15(14)12-16/h2-3,7-10,12-13H,4-6,11H2,1H3,(H,20,22). The highest BCUT2D eigenvalue weighted by Gasteiger charge is 2.35. The van der Waals surface area contributed by atoms with Gasteiger partial charge in [0.25, 0.3) is 10.0 Å². The van der Waals surface area contributed by atoms with Crippen LogP contribution in [0.3, 0.4) is 0 Å². The lowest BCUT2D eigenvalue weighted by molar-refractivity contribution is -0.116. The second-order valence-corrected chi connectivity index (χ2v) is 8.52. The molecule has 2 aliphatic rings. The number of rotatable bonds is 2. The molecular formula is C19H20N2O3S. The summed E-state index contributed by atoms with van der Waals surface area (Å²) in [5, 5.41) is 2.80. The van der Waals surface area contributed by atoms with Gasteiger partial charge in [0.2, 0.25) is 5.91 Å². The molecule has 2 aromatic rings. The number of para-hydroxylation sites is 2. The Morgan fingerprint density at radius 2 is 1.84 bits per heavy atom. The molecule has 2 aromatic carbocycles. The maximum absolute atomic E-state index is 13.4. The van der Waals surface area contributed by atoms with Crippen molar-refractivity contribution in [2.45, 2.75) is 43.5 Å². The summed E-state index contributed by atoms with van der Waals surface area (Å²) in [7, 11) is -3.75. The molecule has 130 valence electrons. The van der Waals surface area contributed by atoms with Gasteiger partial charge in [-0.25, -0.2) is 8.42 Å². The molecule has 5 nitrogen and oxygen atoms in total. The zero-order valence-electron chi connectivity index (χ0n) is 14.0. The van der Waals surface area contributed by atoms with Crippen LogP contribution in [0.5, 0.6) is 0 Å². The van der Waals surface area contributed by atoms with E-state index in [-0.39, 0.29) is 12.3 Å². The Labute approximate surface area is 147 Å². The molecule has 6 heteroatoms. The van der Waals surface area contributed by atoms with E-state index in [2.05, 4.69) is 5.32 Å². The van der Waals surface area contributed by atoms with Crippen molar-refractivity contribution in [2.24, 2.45) is 0 Å². The molecule has 1 heterocycles. The topological polar surface area (TPSA) is 66.5 Å². The Balaban J connectivity index is 1.85. The molecule has 0 aromatic heterocycles. The number of nitrogens with zero attached hydrogens (tertiary/aromatic N) is 1.